The zero-order chi connectivity index (χ0) is 9.90. The first kappa shape index (κ1) is 10.5. The summed E-state index contributed by atoms with van der Waals surface area (Å²) in [6, 6.07) is 3.41. The second kappa shape index (κ2) is 4.06. The maximum Gasteiger partial charge on any atom is 0.243 e. The third-order valence-electron chi connectivity index (χ3n) is 1.32. The Kier molecular flexibility index (Phi) is 3.27. The Morgan fingerprint density at radius 1 is 1.54 bits per heavy atom. The summed E-state index contributed by atoms with van der Waals surface area (Å²) >= 11 is 2.86. The van der Waals surface area contributed by atoms with Gasteiger partial charge in [0, 0.05) is 6.20 Å². The molecule has 0 radical (unpaired) electrons. The van der Waals surface area contributed by atoms with Gasteiger partial charge in [0.05, 0.1) is 0 Å². The number of aryl methyl sites for hydroxylation is 1. The van der Waals surface area contributed by atoms with E-state index in [2.05, 4.69) is 25.6 Å². The molecule has 0 atom stereocenters. The first-order chi connectivity index (χ1) is 6.03. The number of rotatable bonds is 3. The third kappa shape index (κ3) is 3.31. The van der Waals surface area contributed by atoms with Crippen LogP contribution >= 0.6 is 15.9 Å². The van der Waals surface area contributed by atoms with E-state index in [0.717, 1.165) is 5.56 Å². The number of aromatic nitrogens is 1. The van der Waals surface area contributed by atoms with Crippen molar-refractivity contribution >= 4 is 31.8 Å². The van der Waals surface area contributed by atoms with Crippen LogP contribution in [0.4, 0.5) is 5.82 Å². The molecule has 13 heavy (non-hydrogen) atoms. The lowest BCUT2D eigenvalue weighted by Gasteiger charge is -2.03. The summed E-state index contributed by atoms with van der Waals surface area (Å²) in [6.07, 6.45) is 1.60. The maximum absolute atomic E-state index is 11.1. The van der Waals surface area contributed by atoms with Crippen LogP contribution in [-0.4, -0.2) is 18.1 Å². The van der Waals surface area contributed by atoms with E-state index in [0.29, 0.717) is 5.82 Å². The first-order valence-corrected chi connectivity index (χ1v) is 6.30. The van der Waals surface area contributed by atoms with Gasteiger partial charge in [-0.05, 0) is 18.6 Å². The number of halogens is 1. The zero-order valence-corrected chi connectivity index (χ0v) is 9.39. The second-order valence-corrected chi connectivity index (χ2v) is 5.57. The molecule has 1 N–H and O–H groups in total. The van der Waals surface area contributed by atoms with Crippen LogP contribution in [0.1, 0.15) is 5.56 Å². The lowest BCUT2D eigenvalue weighted by molar-refractivity contribution is 0.606. The highest BCUT2D eigenvalue weighted by Crippen LogP contribution is 2.07. The van der Waals surface area contributed by atoms with Crippen molar-refractivity contribution < 1.29 is 8.42 Å². The fourth-order valence-corrected chi connectivity index (χ4v) is 1.55. The molecule has 0 aliphatic heterocycles. The molecular formula is C7H9BrN2O2S. The standard InChI is InChI=1S/C7H9BrN2O2S/c1-6-2-3-7(9-4-6)10-13(11,12)5-8/h2-4H,5H2,1H3,(H,9,10). The quantitative estimate of drug-likeness (QED) is 0.842. The minimum Gasteiger partial charge on any atom is -0.267 e. The van der Waals surface area contributed by atoms with Gasteiger partial charge in [0.2, 0.25) is 10.0 Å². The lowest BCUT2D eigenvalue weighted by atomic mass is 10.3. The molecule has 1 rings (SSSR count). The van der Waals surface area contributed by atoms with Gasteiger partial charge in [0.1, 0.15) is 10.5 Å². The van der Waals surface area contributed by atoms with Crippen LogP contribution in [0.25, 0.3) is 0 Å². The lowest BCUT2D eigenvalue weighted by Crippen LogP contribution is -2.13. The summed E-state index contributed by atoms with van der Waals surface area (Å²) in [5.41, 5.74) is 0.988. The van der Waals surface area contributed by atoms with Crippen molar-refractivity contribution in [2.24, 2.45) is 0 Å². The van der Waals surface area contributed by atoms with Crippen molar-refractivity contribution in [1.29, 1.82) is 0 Å². The first-order valence-electron chi connectivity index (χ1n) is 3.52. The smallest absolute Gasteiger partial charge is 0.243 e. The molecule has 1 heterocycles. The van der Waals surface area contributed by atoms with E-state index in [1.807, 2.05) is 6.92 Å². The Morgan fingerprint density at radius 3 is 2.69 bits per heavy atom. The molecule has 0 aliphatic rings. The van der Waals surface area contributed by atoms with Crippen molar-refractivity contribution in [2.45, 2.75) is 6.92 Å². The summed E-state index contributed by atoms with van der Waals surface area (Å²) in [5.74, 6) is 0.338. The summed E-state index contributed by atoms with van der Waals surface area (Å²) in [6.45, 7) is 1.88. The fraction of sp³-hybridized carbons (Fsp3) is 0.286. The Hall–Kier alpha value is -0.620. The molecule has 0 unspecified atom stereocenters. The molecule has 0 bridgehead atoms. The minimum absolute atomic E-state index is 0.129. The van der Waals surface area contributed by atoms with E-state index in [1.54, 1.807) is 18.3 Å². The molecule has 0 aliphatic carbocycles. The van der Waals surface area contributed by atoms with Crippen molar-refractivity contribution in [3.63, 3.8) is 0 Å². The topological polar surface area (TPSA) is 59.1 Å². The van der Waals surface area contributed by atoms with E-state index in [-0.39, 0.29) is 4.66 Å². The normalized spacial score (nSPS) is 11.2. The summed E-state index contributed by atoms with van der Waals surface area (Å²) < 4.78 is 24.3. The number of nitrogens with one attached hydrogen (secondary N) is 1. The van der Waals surface area contributed by atoms with E-state index >= 15 is 0 Å². The highest BCUT2D eigenvalue weighted by molar-refractivity contribution is 9.10. The Labute approximate surface area is 85.6 Å². The number of hydrogen-bond acceptors (Lipinski definition) is 3. The van der Waals surface area contributed by atoms with Crippen LogP contribution in [0, 0.1) is 6.92 Å². The fourth-order valence-electron chi connectivity index (χ4n) is 0.715. The molecular weight excluding hydrogens is 256 g/mol. The van der Waals surface area contributed by atoms with Gasteiger partial charge in [-0.2, -0.15) is 0 Å². The Bertz CT molecular complexity index is 374. The van der Waals surface area contributed by atoms with Crippen LogP contribution in [0.3, 0.4) is 0 Å². The van der Waals surface area contributed by atoms with E-state index in [4.69, 9.17) is 0 Å². The van der Waals surface area contributed by atoms with Gasteiger partial charge in [-0.1, -0.05) is 22.0 Å². The minimum atomic E-state index is -3.28. The molecule has 6 heteroatoms. The van der Waals surface area contributed by atoms with Crippen LogP contribution < -0.4 is 4.72 Å². The van der Waals surface area contributed by atoms with E-state index in [9.17, 15) is 8.42 Å². The number of hydrogen-bond donors (Lipinski definition) is 1. The molecule has 4 nitrogen and oxygen atoms in total. The van der Waals surface area contributed by atoms with Gasteiger partial charge in [-0.25, -0.2) is 13.4 Å². The second-order valence-electron chi connectivity index (χ2n) is 2.55. The van der Waals surface area contributed by atoms with E-state index in [1.165, 1.54) is 0 Å². The van der Waals surface area contributed by atoms with Gasteiger partial charge in [-0.3, -0.25) is 4.72 Å². The van der Waals surface area contributed by atoms with Crippen molar-refractivity contribution in [2.75, 3.05) is 9.38 Å². The largest absolute Gasteiger partial charge is 0.267 e. The van der Waals surface area contributed by atoms with Crippen LogP contribution in [0.15, 0.2) is 18.3 Å². The number of nitrogens with zero attached hydrogens (tertiary/aromatic N) is 1. The average molecular weight is 265 g/mol. The van der Waals surface area contributed by atoms with Gasteiger partial charge >= 0.3 is 0 Å². The maximum atomic E-state index is 11.1. The molecule has 0 saturated carbocycles. The highest BCUT2D eigenvalue weighted by atomic mass is 79.9. The monoisotopic (exact) mass is 264 g/mol. The van der Waals surface area contributed by atoms with Crippen LogP contribution in [-0.2, 0) is 10.0 Å². The zero-order valence-electron chi connectivity index (χ0n) is 6.99. The summed E-state index contributed by atoms with van der Waals surface area (Å²) in [7, 11) is -3.28. The van der Waals surface area contributed by atoms with Crippen molar-refractivity contribution in [3.05, 3.63) is 23.9 Å². The number of sulfonamides is 1. The van der Waals surface area contributed by atoms with Gasteiger partial charge < -0.3 is 0 Å². The predicted octanol–water partition coefficient (Wildman–Crippen LogP) is 1.48. The predicted molar refractivity (Wildman–Crippen MR) is 55.3 cm³/mol. The molecule has 1 aromatic rings. The van der Waals surface area contributed by atoms with Crippen molar-refractivity contribution in [3.8, 4) is 0 Å². The third-order valence-corrected chi connectivity index (χ3v) is 3.93. The molecule has 1 aromatic heterocycles. The molecule has 0 spiro atoms. The van der Waals surface area contributed by atoms with Gasteiger partial charge in [0.15, 0.2) is 0 Å². The molecule has 0 fully saturated rings. The number of alkyl halides is 1. The number of pyridine rings is 1. The average Bonchev–Trinajstić information content (AvgIpc) is 2.09. The van der Waals surface area contributed by atoms with E-state index < -0.39 is 10.0 Å². The van der Waals surface area contributed by atoms with Gasteiger partial charge in [-0.15, -0.1) is 0 Å². The number of anilines is 1. The van der Waals surface area contributed by atoms with Crippen molar-refractivity contribution in [1.82, 2.24) is 4.98 Å². The Balaban J connectivity index is 2.82. The molecule has 72 valence electrons. The van der Waals surface area contributed by atoms with Gasteiger partial charge in [0.25, 0.3) is 0 Å². The molecule has 0 saturated heterocycles. The molecule has 0 amide bonds. The SMILES string of the molecule is Cc1ccc(NS(=O)(=O)CBr)nc1. The summed E-state index contributed by atoms with van der Waals surface area (Å²) in [5, 5.41) is 0. The highest BCUT2D eigenvalue weighted by Gasteiger charge is 2.07. The van der Waals surface area contributed by atoms with Crippen LogP contribution in [0.5, 0.6) is 0 Å². The summed E-state index contributed by atoms with van der Waals surface area (Å²) in [4.78, 5) is 3.90. The Morgan fingerprint density at radius 2 is 2.23 bits per heavy atom. The molecule has 0 aromatic carbocycles. The van der Waals surface area contributed by atoms with Crippen LogP contribution in [0.2, 0.25) is 0 Å².